The summed E-state index contributed by atoms with van der Waals surface area (Å²) in [5, 5.41) is 3.07. The van der Waals surface area contributed by atoms with Gasteiger partial charge in [0.05, 0.1) is 0 Å². The molecule has 0 atom stereocenters. The molecule has 0 aliphatic heterocycles. The summed E-state index contributed by atoms with van der Waals surface area (Å²) in [5.41, 5.74) is 1.80. The molecular weight excluding hydrogens is 262 g/mol. The average molecular weight is 275 g/mol. The lowest BCUT2D eigenvalue weighted by Gasteiger charge is -2.07. The fourth-order valence-electron chi connectivity index (χ4n) is 2.22. The van der Waals surface area contributed by atoms with Crippen LogP contribution in [-0.2, 0) is 0 Å². The van der Waals surface area contributed by atoms with Gasteiger partial charge in [0.2, 0.25) is 10.9 Å². The SMILES string of the molecule is O=c1c(/C=C\Nc2ccccc2)c(-c2ccccc2)c1=O. The predicted octanol–water partition coefficient (Wildman–Crippen LogP) is 3.03. The van der Waals surface area contributed by atoms with Gasteiger partial charge in [-0.3, -0.25) is 9.59 Å². The molecule has 0 fully saturated rings. The minimum atomic E-state index is -0.431. The van der Waals surface area contributed by atoms with Gasteiger partial charge in [-0.1, -0.05) is 48.5 Å². The number of nitrogens with one attached hydrogen (secondary N) is 1. The predicted molar refractivity (Wildman–Crippen MR) is 85.9 cm³/mol. The first-order chi connectivity index (χ1) is 10.3. The molecule has 0 heterocycles. The van der Waals surface area contributed by atoms with E-state index in [0.717, 1.165) is 11.3 Å². The zero-order chi connectivity index (χ0) is 14.7. The lowest BCUT2D eigenvalue weighted by Crippen LogP contribution is -2.35. The second-order valence-electron chi connectivity index (χ2n) is 4.66. The lowest BCUT2D eigenvalue weighted by atomic mass is 9.94. The molecular formula is C18H13NO2. The number of para-hydroxylation sites is 1. The Morgan fingerprint density at radius 3 is 2.05 bits per heavy atom. The molecule has 3 aromatic rings. The highest BCUT2D eigenvalue weighted by molar-refractivity contribution is 5.79. The third kappa shape index (κ3) is 2.54. The van der Waals surface area contributed by atoms with Gasteiger partial charge in [-0.15, -0.1) is 0 Å². The van der Waals surface area contributed by atoms with Crippen LogP contribution < -0.4 is 16.2 Å². The monoisotopic (exact) mass is 275 g/mol. The highest BCUT2D eigenvalue weighted by Crippen LogP contribution is 2.20. The number of anilines is 1. The molecule has 0 saturated carbocycles. The second-order valence-corrected chi connectivity index (χ2v) is 4.66. The van der Waals surface area contributed by atoms with E-state index in [1.807, 2.05) is 60.7 Å². The van der Waals surface area contributed by atoms with Gasteiger partial charge in [0.25, 0.3) is 0 Å². The van der Waals surface area contributed by atoms with Crippen LogP contribution >= 0.6 is 0 Å². The van der Waals surface area contributed by atoms with E-state index in [1.54, 1.807) is 12.3 Å². The molecule has 0 aliphatic carbocycles. The van der Waals surface area contributed by atoms with E-state index in [0.29, 0.717) is 11.1 Å². The van der Waals surface area contributed by atoms with Crippen molar-refractivity contribution >= 4 is 11.8 Å². The number of benzene rings is 2. The van der Waals surface area contributed by atoms with Gasteiger partial charge in [-0.2, -0.15) is 0 Å². The third-order valence-electron chi connectivity index (χ3n) is 3.28. The number of hydrogen-bond acceptors (Lipinski definition) is 3. The van der Waals surface area contributed by atoms with E-state index in [2.05, 4.69) is 5.32 Å². The summed E-state index contributed by atoms with van der Waals surface area (Å²) in [6, 6.07) is 18.8. The first-order valence-electron chi connectivity index (χ1n) is 6.64. The Bertz CT molecular complexity index is 842. The molecule has 3 heteroatoms. The summed E-state index contributed by atoms with van der Waals surface area (Å²) in [5.74, 6) is 0. The van der Waals surface area contributed by atoms with Crippen LogP contribution in [0.15, 0.2) is 76.5 Å². The molecule has 3 aromatic carbocycles. The van der Waals surface area contributed by atoms with Crippen molar-refractivity contribution in [2.45, 2.75) is 0 Å². The summed E-state index contributed by atoms with van der Waals surface area (Å²) < 4.78 is 0. The van der Waals surface area contributed by atoms with E-state index in [-0.39, 0.29) is 0 Å². The lowest BCUT2D eigenvalue weighted by molar-refractivity contribution is 1.37. The summed E-state index contributed by atoms with van der Waals surface area (Å²) in [6.45, 7) is 0. The summed E-state index contributed by atoms with van der Waals surface area (Å²) in [7, 11) is 0. The molecule has 3 nitrogen and oxygen atoms in total. The summed E-state index contributed by atoms with van der Waals surface area (Å²) >= 11 is 0. The Labute approximate surface area is 121 Å². The number of hydrogen-bond donors (Lipinski definition) is 1. The quantitative estimate of drug-likeness (QED) is 0.744. The molecule has 0 unspecified atom stereocenters. The fraction of sp³-hybridized carbons (Fsp3) is 0. The molecule has 0 saturated heterocycles. The van der Waals surface area contributed by atoms with E-state index < -0.39 is 10.9 Å². The van der Waals surface area contributed by atoms with E-state index in [9.17, 15) is 9.59 Å². The first kappa shape index (κ1) is 13.1. The van der Waals surface area contributed by atoms with Gasteiger partial charge in [0.15, 0.2) is 0 Å². The molecule has 0 aromatic heterocycles. The van der Waals surface area contributed by atoms with Crippen LogP contribution in [-0.4, -0.2) is 0 Å². The maximum absolute atomic E-state index is 11.7. The molecule has 0 bridgehead atoms. The van der Waals surface area contributed by atoms with Crippen molar-refractivity contribution in [3.8, 4) is 11.1 Å². The molecule has 0 amide bonds. The van der Waals surface area contributed by atoms with Gasteiger partial charge in [-0.25, -0.2) is 0 Å². The molecule has 0 aliphatic rings. The number of rotatable bonds is 4. The van der Waals surface area contributed by atoms with Crippen LogP contribution in [0.25, 0.3) is 17.2 Å². The van der Waals surface area contributed by atoms with Crippen LogP contribution in [0.5, 0.6) is 0 Å². The fourth-order valence-corrected chi connectivity index (χ4v) is 2.22. The van der Waals surface area contributed by atoms with E-state index >= 15 is 0 Å². The Hall–Kier alpha value is -2.94. The standard InChI is InChI=1S/C18H13NO2/c20-17-15(11-12-19-14-9-5-2-6-10-14)16(18(17)21)13-7-3-1-4-8-13/h1-12,19H/b12-11-. The summed E-state index contributed by atoms with van der Waals surface area (Å²) in [6.07, 6.45) is 3.33. The normalized spacial score (nSPS) is 11.0. The topological polar surface area (TPSA) is 46.2 Å². The van der Waals surface area contributed by atoms with Crippen molar-refractivity contribution in [2.75, 3.05) is 5.32 Å². The largest absolute Gasteiger partial charge is 0.362 e. The minimum absolute atomic E-state index is 0.416. The molecule has 102 valence electrons. The van der Waals surface area contributed by atoms with Crippen molar-refractivity contribution < 1.29 is 0 Å². The van der Waals surface area contributed by atoms with Gasteiger partial charge in [0.1, 0.15) is 0 Å². The van der Waals surface area contributed by atoms with Crippen molar-refractivity contribution in [1.29, 1.82) is 0 Å². The molecule has 1 N–H and O–H groups in total. The highest BCUT2D eigenvalue weighted by Gasteiger charge is 2.19. The minimum Gasteiger partial charge on any atom is -0.362 e. The third-order valence-corrected chi connectivity index (χ3v) is 3.28. The Kier molecular flexibility index (Phi) is 3.48. The van der Waals surface area contributed by atoms with E-state index in [4.69, 9.17) is 0 Å². The van der Waals surface area contributed by atoms with Crippen LogP contribution in [0, 0.1) is 0 Å². The smallest absolute Gasteiger partial charge is 0.234 e. The van der Waals surface area contributed by atoms with Gasteiger partial charge >= 0.3 is 0 Å². The van der Waals surface area contributed by atoms with Gasteiger partial charge in [0, 0.05) is 23.0 Å². The molecule has 21 heavy (non-hydrogen) atoms. The maximum atomic E-state index is 11.7. The molecule has 0 spiro atoms. The average Bonchev–Trinajstić information content (AvgIpc) is 2.55. The summed E-state index contributed by atoms with van der Waals surface area (Å²) in [4.78, 5) is 23.4. The Morgan fingerprint density at radius 1 is 0.762 bits per heavy atom. The Balaban J connectivity index is 1.86. The van der Waals surface area contributed by atoms with Crippen molar-refractivity contribution in [3.05, 3.63) is 92.9 Å². The van der Waals surface area contributed by atoms with Crippen molar-refractivity contribution in [3.63, 3.8) is 0 Å². The second kappa shape index (κ2) is 5.59. The van der Waals surface area contributed by atoms with Crippen LogP contribution in [0.3, 0.4) is 0 Å². The highest BCUT2D eigenvalue weighted by atomic mass is 16.2. The maximum Gasteiger partial charge on any atom is 0.234 e. The van der Waals surface area contributed by atoms with Crippen LogP contribution in [0.2, 0.25) is 0 Å². The first-order valence-corrected chi connectivity index (χ1v) is 6.64. The zero-order valence-corrected chi connectivity index (χ0v) is 11.2. The van der Waals surface area contributed by atoms with Gasteiger partial charge in [-0.05, 0) is 23.8 Å². The Morgan fingerprint density at radius 2 is 1.38 bits per heavy atom. The van der Waals surface area contributed by atoms with E-state index in [1.165, 1.54) is 0 Å². The van der Waals surface area contributed by atoms with Crippen LogP contribution in [0.4, 0.5) is 5.69 Å². The van der Waals surface area contributed by atoms with Crippen LogP contribution in [0.1, 0.15) is 5.56 Å². The van der Waals surface area contributed by atoms with Crippen molar-refractivity contribution in [1.82, 2.24) is 0 Å². The molecule has 3 rings (SSSR count). The zero-order valence-electron chi connectivity index (χ0n) is 11.2. The molecule has 0 radical (unpaired) electrons. The van der Waals surface area contributed by atoms with Gasteiger partial charge < -0.3 is 5.32 Å². The van der Waals surface area contributed by atoms with Crippen molar-refractivity contribution in [2.24, 2.45) is 0 Å².